The van der Waals surface area contributed by atoms with Crippen LogP contribution in [0.3, 0.4) is 0 Å². The zero-order chi connectivity index (χ0) is 20.1. The SMILES string of the molecule is Cn1ncc2c(=O)n(CCC(=O)N3Cc4ccncc4C3)c3cc(F)ccc3c21. The van der Waals surface area contributed by atoms with Gasteiger partial charge < -0.3 is 9.47 Å². The van der Waals surface area contributed by atoms with Gasteiger partial charge in [-0.2, -0.15) is 5.10 Å². The third-order valence-corrected chi connectivity index (χ3v) is 5.55. The maximum absolute atomic E-state index is 14.0. The molecule has 8 heteroatoms. The molecule has 7 nitrogen and oxygen atoms in total. The summed E-state index contributed by atoms with van der Waals surface area (Å²) in [5, 5.41) is 5.37. The summed E-state index contributed by atoms with van der Waals surface area (Å²) in [6.45, 7) is 1.24. The number of aryl methyl sites for hydroxylation is 2. The molecule has 0 radical (unpaired) electrons. The average molecular weight is 391 g/mol. The van der Waals surface area contributed by atoms with Crippen molar-refractivity contribution in [2.45, 2.75) is 26.1 Å². The van der Waals surface area contributed by atoms with Gasteiger partial charge in [0.05, 0.1) is 22.6 Å². The molecule has 1 aliphatic heterocycles. The van der Waals surface area contributed by atoms with E-state index < -0.39 is 5.82 Å². The van der Waals surface area contributed by atoms with E-state index in [1.54, 1.807) is 35.1 Å². The summed E-state index contributed by atoms with van der Waals surface area (Å²) in [5.41, 5.74) is 2.99. The van der Waals surface area contributed by atoms with E-state index >= 15 is 0 Å². The van der Waals surface area contributed by atoms with E-state index in [0.29, 0.717) is 29.5 Å². The summed E-state index contributed by atoms with van der Waals surface area (Å²) in [4.78, 5) is 31.7. The summed E-state index contributed by atoms with van der Waals surface area (Å²) in [7, 11) is 1.75. The fourth-order valence-electron chi connectivity index (χ4n) is 4.08. The van der Waals surface area contributed by atoms with Crippen molar-refractivity contribution in [2.75, 3.05) is 0 Å². The molecule has 0 aliphatic carbocycles. The summed E-state index contributed by atoms with van der Waals surface area (Å²) >= 11 is 0. The Hall–Kier alpha value is -3.55. The maximum Gasteiger partial charge on any atom is 0.262 e. The van der Waals surface area contributed by atoms with Crippen LogP contribution in [-0.2, 0) is 31.5 Å². The monoisotopic (exact) mass is 391 g/mol. The standard InChI is InChI=1S/C21H18FN5O2/c1-25-20-16-3-2-15(22)8-18(16)27(21(29)17(20)10-24-25)7-5-19(28)26-11-13-4-6-23-9-14(13)12-26/h2-4,6,8-10H,5,7,11-12H2,1H3. The fraction of sp³-hybridized carbons (Fsp3) is 0.238. The number of hydrogen-bond acceptors (Lipinski definition) is 4. The van der Waals surface area contributed by atoms with E-state index in [9.17, 15) is 14.0 Å². The molecule has 0 spiro atoms. The highest BCUT2D eigenvalue weighted by molar-refractivity contribution is 6.03. The van der Waals surface area contributed by atoms with Gasteiger partial charge in [0.25, 0.3) is 5.56 Å². The molecule has 1 amide bonds. The van der Waals surface area contributed by atoms with E-state index in [0.717, 1.165) is 16.5 Å². The van der Waals surface area contributed by atoms with Crippen LogP contribution in [0.1, 0.15) is 17.5 Å². The average Bonchev–Trinajstić information content (AvgIpc) is 3.32. The highest BCUT2D eigenvalue weighted by Crippen LogP contribution is 2.25. The largest absolute Gasteiger partial charge is 0.334 e. The number of pyridine rings is 2. The van der Waals surface area contributed by atoms with Crippen LogP contribution in [-0.4, -0.2) is 30.1 Å². The molecular weight excluding hydrogens is 373 g/mol. The van der Waals surface area contributed by atoms with Crippen LogP contribution < -0.4 is 5.56 Å². The quantitative estimate of drug-likeness (QED) is 0.537. The molecule has 1 aliphatic rings. The molecule has 0 unspecified atom stereocenters. The Morgan fingerprint density at radius 3 is 2.79 bits per heavy atom. The molecule has 3 aromatic heterocycles. The Kier molecular flexibility index (Phi) is 3.94. The van der Waals surface area contributed by atoms with Crippen molar-refractivity contribution >= 4 is 27.7 Å². The van der Waals surface area contributed by atoms with Crippen LogP contribution in [0.2, 0.25) is 0 Å². The molecule has 4 heterocycles. The van der Waals surface area contributed by atoms with Gasteiger partial charge in [0.2, 0.25) is 5.91 Å². The molecule has 0 bridgehead atoms. The van der Waals surface area contributed by atoms with Crippen LogP contribution >= 0.6 is 0 Å². The van der Waals surface area contributed by atoms with Crippen molar-refractivity contribution in [3.8, 4) is 0 Å². The lowest BCUT2D eigenvalue weighted by molar-refractivity contribution is -0.132. The number of aromatic nitrogens is 4. The van der Waals surface area contributed by atoms with Crippen molar-refractivity contribution in [1.29, 1.82) is 0 Å². The molecule has 0 N–H and O–H groups in total. The van der Waals surface area contributed by atoms with Gasteiger partial charge in [-0.3, -0.25) is 19.3 Å². The first-order valence-corrected chi connectivity index (χ1v) is 9.36. The maximum atomic E-state index is 14.0. The number of carbonyl (C=O) groups excluding carboxylic acids is 1. The fourth-order valence-corrected chi connectivity index (χ4v) is 4.08. The predicted octanol–water partition coefficient (Wildman–Crippen LogP) is 2.35. The van der Waals surface area contributed by atoms with E-state index in [1.807, 2.05) is 6.07 Å². The first-order chi connectivity index (χ1) is 14.0. The van der Waals surface area contributed by atoms with Gasteiger partial charge in [-0.25, -0.2) is 4.39 Å². The number of halogens is 1. The normalized spacial score (nSPS) is 13.4. The lowest BCUT2D eigenvalue weighted by Crippen LogP contribution is -2.29. The molecule has 5 rings (SSSR count). The lowest BCUT2D eigenvalue weighted by atomic mass is 10.1. The van der Waals surface area contributed by atoms with Crippen LogP contribution in [0, 0.1) is 5.82 Å². The minimum atomic E-state index is -0.430. The third-order valence-electron chi connectivity index (χ3n) is 5.55. The molecular formula is C21H18FN5O2. The van der Waals surface area contributed by atoms with Gasteiger partial charge in [-0.05, 0) is 35.4 Å². The molecule has 146 valence electrons. The van der Waals surface area contributed by atoms with Crippen LogP contribution in [0.15, 0.2) is 47.7 Å². The lowest BCUT2D eigenvalue weighted by Gasteiger charge is -2.17. The number of benzene rings is 1. The van der Waals surface area contributed by atoms with E-state index in [1.165, 1.54) is 22.9 Å². The first kappa shape index (κ1) is 17.5. The number of carbonyl (C=O) groups is 1. The molecule has 0 saturated heterocycles. The van der Waals surface area contributed by atoms with Crippen LogP contribution in [0.4, 0.5) is 4.39 Å². The second kappa shape index (κ2) is 6.51. The highest BCUT2D eigenvalue weighted by Gasteiger charge is 2.23. The summed E-state index contributed by atoms with van der Waals surface area (Å²) in [5.74, 6) is -0.482. The van der Waals surface area contributed by atoms with Crippen LogP contribution in [0.5, 0.6) is 0 Å². The van der Waals surface area contributed by atoms with Gasteiger partial charge in [0.15, 0.2) is 0 Å². The molecule has 4 aromatic rings. The van der Waals surface area contributed by atoms with Crippen molar-refractivity contribution in [1.82, 2.24) is 24.2 Å². The van der Waals surface area contributed by atoms with Crippen molar-refractivity contribution < 1.29 is 9.18 Å². The first-order valence-electron chi connectivity index (χ1n) is 9.36. The Morgan fingerprint density at radius 1 is 1.14 bits per heavy atom. The van der Waals surface area contributed by atoms with Gasteiger partial charge in [-0.1, -0.05) is 0 Å². The van der Waals surface area contributed by atoms with E-state index in [2.05, 4.69) is 10.1 Å². The summed E-state index contributed by atoms with van der Waals surface area (Å²) < 4.78 is 17.0. The zero-order valence-electron chi connectivity index (χ0n) is 15.8. The Labute approximate surface area is 165 Å². The van der Waals surface area contributed by atoms with Crippen molar-refractivity contribution in [3.05, 3.63) is 70.2 Å². The second-order valence-electron chi connectivity index (χ2n) is 7.29. The summed E-state index contributed by atoms with van der Waals surface area (Å²) in [6.07, 6.45) is 5.16. The Morgan fingerprint density at radius 2 is 1.97 bits per heavy atom. The number of rotatable bonds is 3. The third kappa shape index (κ3) is 2.79. The number of hydrogen-bond donors (Lipinski definition) is 0. The number of amides is 1. The Bertz CT molecular complexity index is 1320. The molecule has 0 atom stereocenters. The Balaban J connectivity index is 1.49. The van der Waals surface area contributed by atoms with Gasteiger partial charge in [-0.15, -0.1) is 0 Å². The molecule has 0 saturated carbocycles. The van der Waals surface area contributed by atoms with Crippen molar-refractivity contribution in [3.63, 3.8) is 0 Å². The molecule has 1 aromatic carbocycles. The topological polar surface area (TPSA) is 73.0 Å². The van der Waals surface area contributed by atoms with Crippen molar-refractivity contribution in [2.24, 2.45) is 7.05 Å². The zero-order valence-corrected chi connectivity index (χ0v) is 15.8. The van der Waals surface area contributed by atoms with E-state index in [-0.39, 0.29) is 24.4 Å². The van der Waals surface area contributed by atoms with Gasteiger partial charge >= 0.3 is 0 Å². The smallest absolute Gasteiger partial charge is 0.262 e. The van der Waals surface area contributed by atoms with Gasteiger partial charge in [0.1, 0.15) is 5.82 Å². The van der Waals surface area contributed by atoms with Crippen LogP contribution in [0.25, 0.3) is 21.8 Å². The minimum absolute atomic E-state index is 0.0519. The molecule has 0 fully saturated rings. The second-order valence-corrected chi connectivity index (χ2v) is 7.29. The number of nitrogens with zero attached hydrogens (tertiary/aromatic N) is 5. The highest BCUT2D eigenvalue weighted by atomic mass is 19.1. The van der Waals surface area contributed by atoms with Gasteiger partial charge in [0, 0.05) is 50.9 Å². The van der Waals surface area contributed by atoms with E-state index in [4.69, 9.17) is 0 Å². The predicted molar refractivity (Wildman–Crippen MR) is 106 cm³/mol. The summed E-state index contributed by atoms with van der Waals surface area (Å²) in [6, 6.07) is 6.27. The molecule has 29 heavy (non-hydrogen) atoms. The minimum Gasteiger partial charge on any atom is -0.334 e. The number of fused-ring (bicyclic) bond motifs is 4.